The molecule has 1 aromatic carbocycles. The Bertz CT molecular complexity index is 332. The van der Waals surface area contributed by atoms with Crippen molar-refractivity contribution in [1.82, 2.24) is 5.32 Å². The smallest absolute Gasteiger partial charge is 0.115 e. The molecule has 0 aromatic heterocycles. The minimum Gasteiger partial charge on any atom is -0.508 e. The third kappa shape index (κ3) is 1.98. The van der Waals surface area contributed by atoms with Gasteiger partial charge in [0.1, 0.15) is 5.75 Å². The zero-order chi connectivity index (χ0) is 10.7. The highest BCUT2D eigenvalue weighted by Gasteiger charge is 2.34. The quantitative estimate of drug-likeness (QED) is 0.693. The Morgan fingerprint density at radius 3 is 2.87 bits per heavy atom. The molecule has 0 saturated carbocycles. The number of phenolic OH excluding ortho intramolecular Hbond substituents is 1. The molecule has 15 heavy (non-hydrogen) atoms. The predicted octanol–water partition coefficient (Wildman–Crippen LogP) is 1.01. The molecule has 0 amide bonds. The molecule has 2 rings (SSSR count). The highest BCUT2D eigenvalue weighted by atomic mass is 16.3. The number of benzene rings is 1. The van der Waals surface area contributed by atoms with E-state index in [0.29, 0.717) is 5.75 Å². The summed E-state index contributed by atoms with van der Waals surface area (Å²) in [5.74, 6) is 0.303. The summed E-state index contributed by atoms with van der Waals surface area (Å²) in [6.07, 6.45) is 1.78. The number of aliphatic hydroxyl groups excluding tert-OH is 1. The third-order valence-corrected chi connectivity index (χ3v) is 3.29. The maximum absolute atomic E-state index is 9.47. The van der Waals surface area contributed by atoms with Crippen molar-refractivity contribution in [2.45, 2.75) is 18.3 Å². The minimum atomic E-state index is 0.00743. The maximum Gasteiger partial charge on any atom is 0.115 e. The molecule has 0 bridgehead atoms. The van der Waals surface area contributed by atoms with Crippen LogP contribution in [0.25, 0.3) is 0 Å². The topological polar surface area (TPSA) is 52.5 Å². The summed E-state index contributed by atoms with van der Waals surface area (Å²) in [6.45, 7) is 2.06. The monoisotopic (exact) mass is 207 g/mol. The molecule has 1 heterocycles. The van der Waals surface area contributed by atoms with Gasteiger partial charge in [-0.15, -0.1) is 0 Å². The molecule has 3 N–H and O–H groups in total. The van der Waals surface area contributed by atoms with Crippen molar-refractivity contribution in [3.63, 3.8) is 0 Å². The molecule has 1 fully saturated rings. The van der Waals surface area contributed by atoms with Crippen LogP contribution in [0.4, 0.5) is 0 Å². The van der Waals surface area contributed by atoms with E-state index in [1.165, 1.54) is 0 Å². The Kier molecular flexibility index (Phi) is 2.93. The Hall–Kier alpha value is -1.06. The largest absolute Gasteiger partial charge is 0.508 e. The van der Waals surface area contributed by atoms with Gasteiger partial charge in [-0.05, 0) is 37.1 Å². The SMILES string of the molecule is OCCC1(c2cccc(O)c2)CCNC1. The van der Waals surface area contributed by atoms with E-state index >= 15 is 0 Å². The number of nitrogens with one attached hydrogen (secondary N) is 1. The van der Waals surface area contributed by atoms with Crippen molar-refractivity contribution in [1.29, 1.82) is 0 Å². The average molecular weight is 207 g/mol. The Balaban J connectivity index is 2.31. The lowest BCUT2D eigenvalue weighted by Crippen LogP contribution is -2.30. The summed E-state index contributed by atoms with van der Waals surface area (Å²) in [5.41, 5.74) is 1.13. The van der Waals surface area contributed by atoms with Crippen LogP contribution in [-0.2, 0) is 5.41 Å². The Morgan fingerprint density at radius 1 is 1.40 bits per heavy atom. The van der Waals surface area contributed by atoms with Crippen molar-refractivity contribution >= 4 is 0 Å². The van der Waals surface area contributed by atoms with E-state index in [0.717, 1.165) is 31.5 Å². The number of aliphatic hydroxyl groups is 1. The van der Waals surface area contributed by atoms with E-state index in [2.05, 4.69) is 5.32 Å². The zero-order valence-corrected chi connectivity index (χ0v) is 8.74. The normalized spacial score (nSPS) is 25.7. The fourth-order valence-corrected chi connectivity index (χ4v) is 2.40. The van der Waals surface area contributed by atoms with E-state index in [1.807, 2.05) is 18.2 Å². The molecule has 0 radical (unpaired) electrons. The van der Waals surface area contributed by atoms with Crippen LogP contribution < -0.4 is 5.32 Å². The molecule has 1 unspecified atom stereocenters. The fourth-order valence-electron chi connectivity index (χ4n) is 2.40. The van der Waals surface area contributed by atoms with Crippen molar-refractivity contribution in [3.8, 4) is 5.75 Å². The van der Waals surface area contributed by atoms with Gasteiger partial charge >= 0.3 is 0 Å². The molecule has 82 valence electrons. The van der Waals surface area contributed by atoms with E-state index in [9.17, 15) is 5.11 Å². The highest BCUT2D eigenvalue weighted by Crippen LogP contribution is 2.35. The number of phenols is 1. The lowest BCUT2D eigenvalue weighted by atomic mass is 9.77. The highest BCUT2D eigenvalue weighted by molar-refractivity contribution is 5.34. The lowest BCUT2D eigenvalue weighted by Gasteiger charge is -2.28. The van der Waals surface area contributed by atoms with E-state index < -0.39 is 0 Å². The molecule has 3 heteroatoms. The molecule has 0 spiro atoms. The van der Waals surface area contributed by atoms with Crippen molar-refractivity contribution in [2.75, 3.05) is 19.7 Å². The van der Waals surface area contributed by atoms with Crippen molar-refractivity contribution in [2.24, 2.45) is 0 Å². The van der Waals surface area contributed by atoms with E-state index in [-0.39, 0.29) is 12.0 Å². The molecule has 1 aliphatic rings. The van der Waals surface area contributed by atoms with Gasteiger partial charge < -0.3 is 15.5 Å². The van der Waals surface area contributed by atoms with Gasteiger partial charge in [0.05, 0.1) is 0 Å². The van der Waals surface area contributed by atoms with Crippen LogP contribution >= 0.6 is 0 Å². The predicted molar refractivity (Wildman–Crippen MR) is 59.0 cm³/mol. The molecular formula is C12H17NO2. The maximum atomic E-state index is 9.47. The van der Waals surface area contributed by atoms with Gasteiger partial charge in [-0.1, -0.05) is 12.1 Å². The first-order chi connectivity index (χ1) is 7.27. The van der Waals surface area contributed by atoms with Gasteiger partial charge in [0.25, 0.3) is 0 Å². The summed E-state index contributed by atoms with van der Waals surface area (Å²) < 4.78 is 0. The molecule has 3 nitrogen and oxygen atoms in total. The summed E-state index contributed by atoms with van der Waals surface area (Å²) in [5, 5.41) is 21.9. The first-order valence-corrected chi connectivity index (χ1v) is 5.38. The lowest BCUT2D eigenvalue weighted by molar-refractivity contribution is 0.243. The Morgan fingerprint density at radius 2 is 2.27 bits per heavy atom. The Labute approximate surface area is 89.8 Å². The van der Waals surface area contributed by atoms with Gasteiger partial charge in [0.2, 0.25) is 0 Å². The van der Waals surface area contributed by atoms with Crippen LogP contribution in [0.5, 0.6) is 5.75 Å². The van der Waals surface area contributed by atoms with Gasteiger partial charge in [0.15, 0.2) is 0 Å². The van der Waals surface area contributed by atoms with E-state index in [4.69, 9.17) is 5.11 Å². The standard InChI is InChI=1S/C12H17NO2/c14-7-5-12(4-6-13-9-12)10-2-1-3-11(15)8-10/h1-3,8,13-15H,4-7,9H2. The molecule has 1 aliphatic heterocycles. The van der Waals surface area contributed by atoms with Gasteiger partial charge in [-0.3, -0.25) is 0 Å². The summed E-state index contributed by atoms with van der Waals surface area (Å²) in [4.78, 5) is 0. The second kappa shape index (κ2) is 4.21. The van der Waals surface area contributed by atoms with Crippen LogP contribution in [0, 0.1) is 0 Å². The number of hydrogen-bond acceptors (Lipinski definition) is 3. The van der Waals surface area contributed by atoms with Crippen LogP contribution in [0.3, 0.4) is 0 Å². The van der Waals surface area contributed by atoms with Crippen LogP contribution in [-0.4, -0.2) is 29.9 Å². The second-order valence-corrected chi connectivity index (χ2v) is 4.23. The van der Waals surface area contributed by atoms with Crippen LogP contribution in [0.2, 0.25) is 0 Å². The molecule has 0 aliphatic carbocycles. The van der Waals surface area contributed by atoms with Gasteiger partial charge in [-0.2, -0.15) is 0 Å². The van der Waals surface area contributed by atoms with E-state index in [1.54, 1.807) is 6.07 Å². The molecular weight excluding hydrogens is 190 g/mol. The molecule has 1 atom stereocenters. The summed E-state index contributed by atoms with van der Waals surface area (Å²) in [6, 6.07) is 7.38. The number of rotatable bonds is 3. The second-order valence-electron chi connectivity index (χ2n) is 4.23. The molecule has 1 aromatic rings. The zero-order valence-electron chi connectivity index (χ0n) is 8.74. The van der Waals surface area contributed by atoms with Crippen molar-refractivity contribution in [3.05, 3.63) is 29.8 Å². The molecule has 1 saturated heterocycles. The average Bonchev–Trinajstić information content (AvgIpc) is 2.68. The third-order valence-electron chi connectivity index (χ3n) is 3.29. The van der Waals surface area contributed by atoms with Gasteiger partial charge in [-0.25, -0.2) is 0 Å². The first-order valence-electron chi connectivity index (χ1n) is 5.38. The summed E-state index contributed by atoms with van der Waals surface area (Å²) >= 11 is 0. The van der Waals surface area contributed by atoms with Crippen LogP contribution in [0.1, 0.15) is 18.4 Å². The van der Waals surface area contributed by atoms with Gasteiger partial charge in [0, 0.05) is 18.6 Å². The fraction of sp³-hybridized carbons (Fsp3) is 0.500. The summed E-state index contributed by atoms with van der Waals surface area (Å²) in [7, 11) is 0. The number of aromatic hydroxyl groups is 1. The minimum absolute atomic E-state index is 0.00743. The first kappa shape index (κ1) is 10.5. The van der Waals surface area contributed by atoms with Crippen molar-refractivity contribution < 1.29 is 10.2 Å². The van der Waals surface area contributed by atoms with Crippen LogP contribution in [0.15, 0.2) is 24.3 Å². The number of hydrogen-bond donors (Lipinski definition) is 3.